The van der Waals surface area contributed by atoms with Crippen LogP contribution >= 0.6 is 0 Å². The summed E-state index contributed by atoms with van der Waals surface area (Å²) in [5.41, 5.74) is 5.28. The van der Waals surface area contributed by atoms with Crippen LogP contribution < -0.4 is 0 Å². The molecule has 1 aromatic carbocycles. The third-order valence-corrected chi connectivity index (χ3v) is 5.55. The van der Waals surface area contributed by atoms with Crippen LogP contribution in [0.2, 0.25) is 0 Å². The number of aromatic nitrogens is 2. The maximum absolute atomic E-state index is 12.9. The molecule has 1 N–H and O–H groups in total. The van der Waals surface area contributed by atoms with Gasteiger partial charge in [0.15, 0.2) is 0 Å². The summed E-state index contributed by atoms with van der Waals surface area (Å²) >= 11 is 0. The second-order valence-electron chi connectivity index (χ2n) is 7.54. The molecule has 1 saturated heterocycles. The highest BCUT2D eigenvalue weighted by atomic mass is 16.3. The molecular weight excluding hydrogens is 338 g/mol. The molecule has 3 rings (SSSR count). The highest BCUT2D eigenvalue weighted by molar-refractivity contribution is 5.92. The van der Waals surface area contributed by atoms with E-state index in [2.05, 4.69) is 36.3 Å². The fourth-order valence-corrected chi connectivity index (χ4v) is 3.80. The number of rotatable bonds is 4. The zero-order valence-electron chi connectivity index (χ0n) is 16.6. The Morgan fingerprint density at radius 3 is 2.59 bits per heavy atom. The Kier molecular flexibility index (Phi) is 5.80. The van der Waals surface area contributed by atoms with E-state index in [0.717, 1.165) is 35.4 Å². The molecule has 2 heterocycles. The summed E-state index contributed by atoms with van der Waals surface area (Å²) in [5, 5.41) is 14.9. The van der Waals surface area contributed by atoms with Gasteiger partial charge < -0.3 is 10.0 Å². The van der Waals surface area contributed by atoms with Crippen LogP contribution in [0.1, 0.15) is 40.9 Å². The van der Waals surface area contributed by atoms with Crippen molar-refractivity contribution in [2.45, 2.75) is 52.2 Å². The number of piperidine rings is 1. The molecule has 0 unspecified atom stereocenters. The van der Waals surface area contributed by atoms with E-state index in [4.69, 9.17) is 0 Å². The lowest BCUT2D eigenvalue weighted by molar-refractivity contribution is -0.133. The fraction of sp³-hybridized carbons (Fsp3) is 0.455. The average Bonchev–Trinajstić information content (AvgIpc) is 2.88. The smallest absolute Gasteiger partial charge is 0.246 e. The summed E-state index contributed by atoms with van der Waals surface area (Å²) in [7, 11) is 1.90. The van der Waals surface area contributed by atoms with Crippen molar-refractivity contribution in [3.8, 4) is 0 Å². The monoisotopic (exact) mass is 367 g/mol. The molecule has 0 spiro atoms. The van der Waals surface area contributed by atoms with Crippen molar-refractivity contribution in [1.82, 2.24) is 14.7 Å². The van der Waals surface area contributed by atoms with Gasteiger partial charge in [-0.1, -0.05) is 29.8 Å². The van der Waals surface area contributed by atoms with Crippen molar-refractivity contribution in [1.29, 1.82) is 0 Å². The number of carbonyl (C=O) groups excluding carboxylic acids is 1. The Hall–Kier alpha value is -2.40. The van der Waals surface area contributed by atoms with E-state index in [0.29, 0.717) is 13.0 Å². The molecule has 0 radical (unpaired) electrons. The summed E-state index contributed by atoms with van der Waals surface area (Å²) < 4.78 is 1.82. The molecule has 144 valence electrons. The molecular formula is C22H29N3O2. The number of hydrogen-bond donors (Lipinski definition) is 1. The maximum Gasteiger partial charge on any atom is 0.246 e. The lowest BCUT2D eigenvalue weighted by atomic mass is 9.92. The predicted molar refractivity (Wildman–Crippen MR) is 107 cm³/mol. The average molecular weight is 367 g/mol. The molecule has 1 fully saturated rings. The van der Waals surface area contributed by atoms with Crippen molar-refractivity contribution in [3.05, 3.63) is 58.4 Å². The first-order valence-corrected chi connectivity index (χ1v) is 9.59. The van der Waals surface area contributed by atoms with Crippen LogP contribution in [-0.4, -0.2) is 44.4 Å². The topological polar surface area (TPSA) is 58.4 Å². The van der Waals surface area contributed by atoms with Crippen LogP contribution in [-0.2, 0) is 18.3 Å². The SMILES string of the molecule is Cc1ccc(C[C@H]2[C@@H](O)CCCN2C(=O)/C=C/c2c(C)nn(C)c2C)cc1. The Morgan fingerprint density at radius 2 is 1.96 bits per heavy atom. The number of aliphatic hydroxyl groups excluding tert-OH is 1. The number of likely N-dealkylation sites (tertiary alicyclic amines) is 1. The van der Waals surface area contributed by atoms with E-state index >= 15 is 0 Å². The predicted octanol–water partition coefficient (Wildman–Crippen LogP) is 2.95. The number of amides is 1. The van der Waals surface area contributed by atoms with Crippen LogP contribution in [0.5, 0.6) is 0 Å². The van der Waals surface area contributed by atoms with Gasteiger partial charge in [0.1, 0.15) is 0 Å². The van der Waals surface area contributed by atoms with Crippen molar-refractivity contribution in [2.24, 2.45) is 7.05 Å². The molecule has 5 heteroatoms. The molecule has 1 aromatic heterocycles. The summed E-state index contributed by atoms with van der Waals surface area (Å²) in [4.78, 5) is 14.7. The lowest BCUT2D eigenvalue weighted by Gasteiger charge is -2.38. The zero-order chi connectivity index (χ0) is 19.6. The van der Waals surface area contributed by atoms with Crippen LogP contribution in [0.4, 0.5) is 0 Å². The van der Waals surface area contributed by atoms with Gasteiger partial charge in [-0.25, -0.2) is 0 Å². The van der Waals surface area contributed by atoms with Gasteiger partial charge in [0.25, 0.3) is 0 Å². The molecule has 1 aliphatic heterocycles. The first kappa shape index (κ1) is 19.4. The highest BCUT2D eigenvalue weighted by Crippen LogP contribution is 2.23. The molecule has 0 saturated carbocycles. The molecule has 0 bridgehead atoms. The molecule has 0 aliphatic carbocycles. The number of hydrogen-bond acceptors (Lipinski definition) is 3. The van der Waals surface area contributed by atoms with Crippen molar-refractivity contribution in [2.75, 3.05) is 6.54 Å². The van der Waals surface area contributed by atoms with Gasteiger partial charge in [-0.3, -0.25) is 9.48 Å². The van der Waals surface area contributed by atoms with E-state index in [9.17, 15) is 9.90 Å². The van der Waals surface area contributed by atoms with E-state index in [1.807, 2.05) is 36.6 Å². The molecule has 1 amide bonds. The van der Waals surface area contributed by atoms with Gasteiger partial charge in [0.2, 0.25) is 5.91 Å². The minimum absolute atomic E-state index is 0.0477. The zero-order valence-corrected chi connectivity index (χ0v) is 16.6. The van der Waals surface area contributed by atoms with Gasteiger partial charge in [-0.2, -0.15) is 5.10 Å². The lowest BCUT2D eigenvalue weighted by Crippen LogP contribution is -2.51. The Labute approximate surface area is 161 Å². The minimum Gasteiger partial charge on any atom is -0.391 e. The third kappa shape index (κ3) is 4.30. The molecule has 2 atom stereocenters. The van der Waals surface area contributed by atoms with Crippen LogP contribution in [0, 0.1) is 20.8 Å². The Bertz CT molecular complexity index is 836. The van der Waals surface area contributed by atoms with Gasteiger partial charge >= 0.3 is 0 Å². The number of benzene rings is 1. The van der Waals surface area contributed by atoms with Gasteiger partial charge in [0, 0.05) is 30.9 Å². The van der Waals surface area contributed by atoms with Gasteiger partial charge in [-0.15, -0.1) is 0 Å². The van der Waals surface area contributed by atoms with Crippen LogP contribution in [0.15, 0.2) is 30.3 Å². The molecule has 5 nitrogen and oxygen atoms in total. The van der Waals surface area contributed by atoms with Crippen molar-refractivity contribution >= 4 is 12.0 Å². The Morgan fingerprint density at radius 1 is 1.26 bits per heavy atom. The standard InChI is InChI=1S/C22H29N3O2/c1-15-7-9-18(10-8-15)14-20-21(26)6-5-13-25(20)22(27)12-11-19-16(2)23-24(4)17(19)3/h7-12,20-21,26H,5-6,13-14H2,1-4H3/b12-11+/t20-,21-/m0/s1. The minimum atomic E-state index is -0.487. The highest BCUT2D eigenvalue weighted by Gasteiger charge is 2.32. The van der Waals surface area contributed by atoms with E-state index in [1.54, 1.807) is 6.08 Å². The first-order chi connectivity index (χ1) is 12.9. The number of aliphatic hydroxyl groups is 1. The van der Waals surface area contributed by atoms with E-state index in [-0.39, 0.29) is 11.9 Å². The van der Waals surface area contributed by atoms with Crippen LogP contribution in [0.3, 0.4) is 0 Å². The molecule has 1 aliphatic rings. The summed E-state index contributed by atoms with van der Waals surface area (Å²) in [5.74, 6) is -0.0477. The number of nitrogens with zero attached hydrogens (tertiary/aromatic N) is 3. The third-order valence-electron chi connectivity index (χ3n) is 5.55. The van der Waals surface area contributed by atoms with Crippen molar-refractivity contribution < 1.29 is 9.90 Å². The summed E-state index contributed by atoms with van der Waals surface area (Å²) in [6, 6.07) is 8.12. The first-order valence-electron chi connectivity index (χ1n) is 9.59. The largest absolute Gasteiger partial charge is 0.391 e. The Balaban J connectivity index is 1.78. The summed E-state index contributed by atoms with van der Waals surface area (Å²) in [6.07, 6.45) is 5.23. The summed E-state index contributed by atoms with van der Waals surface area (Å²) in [6.45, 7) is 6.68. The molecule has 2 aromatic rings. The number of aryl methyl sites for hydroxylation is 3. The quantitative estimate of drug-likeness (QED) is 0.846. The van der Waals surface area contributed by atoms with E-state index < -0.39 is 6.10 Å². The maximum atomic E-state index is 12.9. The number of carbonyl (C=O) groups is 1. The molecule has 27 heavy (non-hydrogen) atoms. The van der Waals surface area contributed by atoms with Gasteiger partial charge in [0.05, 0.1) is 17.8 Å². The van der Waals surface area contributed by atoms with Gasteiger partial charge in [-0.05, 0) is 51.7 Å². The second kappa shape index (κ2) is 8.09. The van der Waals surface area contributed by atoms with Crippen molar-refractivity contribution in [3.63, 3.8) is 0 Å². The van der Waals surface area contributed by atoms with Crippen LogP contribution in [0.25, 0.3) is 6.08 Å². The normalized spacial score (nSPS) is 20.4. The fourth-order valence-electron chi connectivity index (χ4n) is 3.80. The van der Waals surface area contributed by atoms with E-state index in [1.165, 1.54) is 5.56 Å². The second-order valence-corrected chi connectivity index (χ2v) is 7.54.